The van der Waals surface area contributed by atoms with E-state index in [4.69, 9.17) is 0 Å². The normalized spacial score (nSPS) is 12.2. The van der Waals surface area contributed by atoms with E-state index in [2.05, 4.69) is 8.67 Å². The fraction of sp³-hybridized carbons (Fsp3) is 0. The molecule has 11 heavy (non-hydrogen) atoms. The standard InChI is InChI=1S/Ag.H2O8S2/c;1-9(2,3)7-8-10(4,5)6/h;(H,1,2,3)(H,4,5,6)/p-2. The van der Waals surface area contributed by atoms with Gasteiger partial charge in [0.2, 0.25) is 20.8 Å². The predicted molar refractivity (Wildman–Crippen MR) is 21.6 cm³/mol. The topological polar surface area (TPSA) is 133 Å². The first-order valence-electron chi connectivity index (χ1n) is 1.50. The molecule has 11 heteroatoms. The van der Waals surface area contributed by atoms with Crippen LogP contribution in [-0.2, 0) is 51.8 Å². The Hall–Kier alpha value is 0.480. The third-order valence-electron chi connectivity index (χ3n) is 0.194. The number of hydrogen-bond acceptors (Lipinski definition) is 8. The van der Waals surface area contributed by atoms with E-state index in [1.54, 1.807) is 0 Å². The molecule has 8 nitrogen and oxygen atoms in total. The first-order valence-corrected chi connectivity index (χ1v) is 4.17. The van der Waals surface area contributed by atoms with Crippen LogP contribution in [0.5, 0.6) is 0 Å². The second-order valence-electron chi connectivity index (χ2n) is 0.953. The monoisotopic (exact) mass is 299 g/mol. The van der Waals surface area contributed by atoms with E-state index in [9.17, 15) is 25.9 Å². The molecule has 0 aromatic heterocycles. The summed E-state index contributed by atoms with van der Waals surface area (Å²) in [6, 6.07) is 0. The summed E-state index contributed by atoms with van der Waals surface area (Å²) in [7, 11) is -10.6. The van der Waals surface area contributed by atoms with E-state index < -0.39 is 20.8 Å². The summed E-state index contributed by atoms with van der Waals surface area (Å²) in [4.78, 5) is 0. The van der Waals surface area contributed by atoms with Crippen molar-refractivity contribution in [1.29, 1.82) is 0 Å². The Morgan fingerprint density at radius 1 is 0.818 bits per heavy atom. The van der Waals surface area contributed by atoms with Gasteiger partial charge in [-0.05, 0) is 0 Å². The van der Waals surface area contributed by atoms with Gasteiger partial charge in [-0.15, -0.1) is 8.67 Å². The second-order valence-corrected chi connectivity index (χ2v) is 2.86. The molecule has 0 bridgehead atoms. The molecule has 0 aliphatic carbocycles. The molecule has 0 amide bonds. The van der Waals surface area contributed by atoms with Crippen LogP contribution in [0.25, 0.3) is 0 Å². The third-order valence-corrected chi connectivity index (χ3v) is 0.750. The van der Waals surface area contributed by atoms with Crippen molar-refractivity contribution < 1.29 is 57.0 Å². The summed E-state index contributed by atoms with van der Waals surface area (Å²) in [5.74, 6) is 0. The van der Waals surface area contributed by atoms with E-state index in [-0.39, 0.29) is 22.4 Å². The van der Waals surface area contributed by atoms with Crippen molar-refractivity contribution in [2.24, 2.45) is 0 Å². The van der Waals surface area contributed by atoms with Crippen molar-refractivity contribution in [3.63, 3.8) is 0 Å². The van der Waals surface area contributed by atoms with Crippen molar-refractivity contribution in [3.05, 3.63) is 0 Å². The van der Waals surface area contributed by atoms with Gasteiger partial charge in [0.25, 0.3) is 0 Å². The number of rotatable bonds is 3. The maximum Gasteiger partial charge on any atom is 0.246 e. The fourth-order valence-corrected chi connectivity index (χ4v) is 0.612. The molecule has 0 atom stereocenters. The van der Waals surface area contributed by atoms with E-state index in [1.165, 1.54) is 0 Å². The van der Waals surface area contributed by atoms with Gasteiger partial charge in [0.1, 0.15) is 0 Å². The molecule has 0 unspecified atom stereocenters. The zero-order valence-electron chi connectivity index (χ0n) is 4.38. The van der Waals surface area contributed by atoms with Crippen molar-refractivity contribution in [3.8, 4) is 0 Å². The van der Waals surface area contributed by atoms with Gasteiger partial charge in [-0.2, -0.15) is 0 Å². The molecule has 0 aliphatic rings. The average molecular weight is 300 g/mol. The van der Waals surface area contributed by atoms with Gasteiger partial charge in [0.05, 0.1) is 0 Å². The molecular weight excluding hydrogens is 300 g/mol. The van der Waals surface area contributed by atoms with Crippen molar-refractivity contribution in [1.82, 2.24) is 0 Å². The van der Waals surface area contributed by atoms with Gasteiger partial charge >= 0.3 is 0 Å². The molecular formula is AgO8S2-2. The molecule has 0 heterocycles. The molecule has 0 aliphatic heterocycles. The molecule has 0 aromatic rings. The molecule has 73 valence electrons. The first-order chi connectivity index (χ1) is 4.21. The molecule has 0 fully saturated rings. The summed E-state index contributed by atoms with van der Waals surface area (Å²) in [6.45, 7) is 0. The molecule has 0 rings (SSSR count). The Morgan fingerprint density at radius 2 is 1.00 bits per heavy atom. The largest absolute Gasteiger partial charge is 0.724 e. The van der Waals surface area contributed by atoms with E-state index in [0.717, 1.165) is 0 Å². The number of hydrogen-bond donors (Lipinski definition) is 0. The predicted octanol–water partition coefficient (Wildman–Crippen LogP) is -2.15. The van der Waals surface area contributed by atoms with E-state index in [0.29, 0.717) is 0 Å². The summed E-state index contributed by atoms with van der Waals surface area (Å²) in [5.41, 5.74) is 0. The van der Waals surface area contributed by atoms with E-state index in [1.807, 2.05) is 0 Å². The Morgan fingerprint density at radius 3 is 1.09 bits per heavy atom. The van der Waals surface area contributed by atoms with Crippen LogP contribution >= 0.6 is 0 Å². The molecule has 0 saturated heterocycles. The van der Waals surface area contributed by atoms with Gasteiger partial charge < -0.3 is 9.11 Å². The maximum atomic E-state index is 9.37. The summed E-state index contributed by atoms with van der Waals surface area (Å²) in [5, 5.41) is 0. The smallest absolute Gasteiger partial charge is 0.246 e. The van der Waals surface area contributed by atoms with Crippen LogP contribution in [0.4, 0.5) is 0 Å². The fourth-order valence-electron chi connectivity index (χ4n) is 0.0680. The maximum absolute atomic E-state index is 9.37. The molecule has 0 aromatic carbocycles. The van der Waals surface area contributed by atoms with Crippen LogP contribution < -0.4 is 0 Å². The van der Waals surface area contributed by atoms with Gasteiger partial charge in [0.15, 0.2) is 0 Å². The van der Waals surface area contributed by atoms with Crippen molar-refractivity contribution in [2.45, 2.75) is 0 Å². The zero-order chi connectivity index (χ0) is 8.41. The van der Waals surface area contributed by atoms with Crippen LogP contribution in [-0.4, -0.2) is 25.9 Å². The minimum atomic E-state index is -5.31. The Kier molecular flexibility index (Phi) is 5.73. The minimum absolute atomic E-state index is 0. The van der Waals surface area contributed by atoms with Gasteiger partial charge in [-0.1, -0.05) is 0 Å². The SMILES string of the molecule is O=S(=O)([O-])OOS(=O)(=O)[O-].[Ag]. The van der Waals surface area contributed by atoms with Gasteiger partial charge in [0, 0.05) is 22.4 Å². The zero-order valence-corrected chi connectivity index (χ0v) is 7.50. The minimum Gasteiger partial charge on any atom is -0.724 e. The molecule has 1 radical (unpaired) electrons. The van der Waals surface area contributed by atoms with Crippen LogP contribution in [0.1, 0.15) is 0 Å². The Labute approximate surface area is 77.8 Å². The van der Waals surface area contributed by atoms with Crippen LogP contribution in [0.2, 0.25) is 0 Å². The molecule has 0 spiro atoms. The van der Waals surface area contributed by atoms with Gasteiger partial charge in [-0.3, -0.25) is 0 Å². The summed E-state index contributed by atoms with van der Waals surface area (Å²) in [6.07, 6.45) is 0. The third kappa shape index (κ3) is 13.5. The van der Waals surface area contributed by atoms with Crippen LogP contribution in [0.3, 0.4) is 0 Å². The average Bonchev–Trinajstić information content (AvgIpc) is 1.57. The Bertz CT molecular complexity index is 248. The molecule has 0 N–H and O–H groups in total. The van der Waals surface area contributed by atoms with Crippen LogP contribution in [0, 0.1) is 0 Å². The van der Waals surface area contributed by atoms with Crippen molar-refractivity contribution in [2.75, 3.05) is 0 Å². The van der Waals surface area contributed by atoms with Gasteiger partial charge in [-0.25, -0.2) is 16.8 Å². The van der Waals surface area contributed by atoms with Crippen LogP contribution in [0.15, 0.2) is 0 Å². The summed E-state index contributed by atoms with van der Waals surface area (Å²) < 4.78 is 61.5. The van der Waals surface area contributed by atoms with Crippen molar-refractivity contribution >= 4 is 20.8 Å². The summed E-state index contributed by atoms with van der Waals surface area (Å²) >= 11 is 0. The second kappa shape index (κ2) is 4.49. The van der Waals surface area contributed by atoms with E-state index >= 15 is 0 Å². The molecule has 0 saturated carbocycles. The quantitative estimate of drug-likeness (QED) is 0.189. The Balaban J connectivity index is 0. The first kappa shape index (κ1) is 14.0.